The van der Waals surface area contributed by atoms with Crippen LogP contribution in [0.1, 0.15) is 54.0 Å². The number of para-hydroxylation sites is 1. The van der Waals surface area contributed by atoms with E-state index < -0.39 is 0 Å². The Kier molecular flexibility index (Phi) is 12.8. The molecule has 0 aliphatic carbocycles. The van der Waals surface area contributed by atoms with Crippen molar-refractivity contribution in [2.45, 2.75) is 51.4 Å². The lowest BCUT2D eigenvalue weighted by Crippen LogP contribution is -2.47. The number of fused-ring (bicyclic) bond motifs is 1. The minimum atomic E-state index is -0.228. The van der Waals surface area contributed by atoms with E-state index in [-0.39, 0.29) is 11.9 Å². The second-order valence-corrected chi connectivity index (χ2v) is 14.4. The van der Waals surface area contributed by atoms with E-state index in [1.165, 1.54) is 16.7 Å². The molecular formula is C49H51N5O. The summed E-state index contributed by atoms with van der Waals surface area (Å²) in [5.74, 6) is 0.871. The van der Waals surface area contributed by atoms with Crippen molar-refractivity contribution in [1.82, 2.24) is 15.1 Å². The summed E-state index contributed by atoms with van der Waals surface area (Å²) in [5, 5.41) is 3.19. The fraction of sp³-hybridized carbons (Fsp3) is 0.224. The van der Waals surface area contributed by atoms with E-state index in [1.54, 1.807) is 0 Å². The molecule has 0 spiro atoms. The third-order valence-corrected chi connectivity index (χ3v) is 10.3. The number of anilines is 1. The molecule has 1 aliphatic rings. The van der Waals surface area contributed by atoms with Crippen molar-refractivity contribution in [3.8, 4) is 11.1 Å². The lowest BCUT2D eigenvalue weighted by molar-refractivity contribution is -0.121. The van der Waals surface area contributed by atoms with E-state index in [9.17, 15) is 4.79 Å². The summed E-state index contributed by atoms with van der Waals surface area (Å²) in [5.41, 5.74) is 9.07. The topological polar surface area (TPSA) is 51.2 Å². The van der Waals surface area contributed by atoms with Gasteiger partial charge in [0.1, 0.15) is 0 Å². The number of carbonyl (C=O) groups is 1. The number of hydrogen-bond acceptors (Lipinski definition) is 5. The Hall–Kier alpha value is -5.98. The molecule has 7 rings (SSSR count). The minimum Gasteiger partial charge on any atom is -0.352 e. The number of rotatable bonds is 16. The number of carbonyl (C=O) groups excluding carboxylic acids is 1. The Morgan fingerprint density at radius 2 is 1.13 bits per heavy atom. The van der Waals surface area contributed by atoms with E-state index in [0.717, 1.165) is 79.5 Å². The fourth-order valence-electron chi connectivity index (χ4n) is 7.42. The zero-order valence-corrected chi connectivity index (χ0v) is 31.8. The normalized spacial score (nSPS) is 13.6. The zero-order chi connectivity index (χ0) is 37.7. The highest BCUT2D eigenvalue weighted by molar-refractivity contribution is 6.01. The fourth-order valence-corrected chi connectivity index (χ4v) is 7.42. The Morgan fingerprint density at radius 3 is 1.76 bits per heavy atom. The molecule has 0 bridgehead atoms. The van der Waals surface area contributed by atoms with Crippen LogP contribution in [0, 0.1) is 0 Å². The van der Waals surface area contributed by atoms with Gasteiger partial charge in [0.2, 0.25) is 11.9 Å². The maximum absolute atomic E-state index is 13.7. The van der Waals surface area contributed by atoms with E-state index >= 15 is 0 Å². The van der Waals surface area contributed by atoms with Crippen molar-refractivity contribution >= 4 is 23.2 Å². The van der Waals surface area contributed by atoms with Gasteiger partial charge in [-0.1, -0.05) is 158 Å². The standard InChI is InChI=1S/C49H51N5O/c1-52(33-17-6-18-34-53(37-40-21-9-3-10-22-40)38-41-23-11-4-12-24-41)49-51-46-28-16-15-27-45(46)47(35-48(55)50-36-39-19-7-2-8-20-39)54(49)44-31-29-43(30-32-44)42-25-13-5-14-26-42/h2-5,7-16,19-32,47H,6,17-18,33-38H2,1H3,(H,50,55). The molecule has 6 aromatic carbocycles. The second-order valence-electron chi connectivity index (χ2n) is 14.4. The molecule has 0 saturated carbocycles. The van der Waals surface area contributed by atoms with Gasteiger partial charge in [-0.2, -0.15) is 0 Å². The summed E-state index contributed by atoms with van der Waals surface area (Å²) in [6.45, 7) is 4.24. The predicted octanol–water partition coefficient (Wildman–Crippen LogP) is 10.4. The van der Waals surface area contributed by atoms with Gasteiger partial charge in [-0.25, -0.2) is 4.99 Å². The number of benzene rings is 6. The van der Waals surface area contributed by atoms with Crippen LogP contribution in [0.25, 0.3) is 11.1 Å². The van der Waals surface area contributed by atoms with Gasteiger partial charge < -0.3 is 15.1 Å². The summed E-state index contributed by atoms with van der Waals surface area (Å²) in [7, 11) is 2.14. The van der Waals surface area contributed by atoms with Crippen LogP contribution in [0.4, 0.5) is 11.4 Å². The lowest BCUT2D eigenvalue weighted by atomic mass is 9.96. The van der Waals surface area contributed by atoms with Gasteiger partial charge in [0.05, 0.1) is 18.2 Å². The second kappa shape index (κ2) is 18.9. The molecule has 1 heterocycles. The van der Waals surface area contributed by atoms with Crippen molar-refractivity contribution in [3.63, 3.8) is 0 Å². The molecule has 1 aliphatic heterocycles. The van der Waals surface area contributed by atoms with Gasteiger partial charge in [-0.15, -0.1) is 0 Å². The van der Waals surface area contributed by atoms with Crippen molar-refractivity contribution in [3.05, 3.63) is 192 Å². The van der Waals surface area contributed by atoms with Gasteiger partial charge in [-0.3, -0.25) is 9.69 Å². The van der Waals surface area contributed by atoms with Crippen molar-refractivity contribution in [2.75, 3.05) is 25.0 Å². The number of amides is 1. The summed E-state index contributed by atoms with van der Waals surface area (Å²) < 4.78 is 0. The molecule has 278 valence electrons. The summed E-state index contributed by atoms with van der Waals surface area (Å²) >= 11 is 0. The minimum absolute atomic E-state index is 0.00836. The molecule has 0 radical (unpaired) electrons. The third kappa shape index (κ3) is 10.2. The van der Waals surface area contributed by atoms with Gasteiger partial charge >= 0.3 is 0 Å². The van der Waals surface area contributed by atoms with E-state index in [4.69, 9.17) is 4.99 Å². The van der Waals surface area contributed by atoms with E-state index in [0.29, 0.717) is 13.0 Å². The highest BCUT2D eigenvalue weighted by Crippen LogP contribution is 2.40. The molecule has 0 fully saturated rings. The Morgan fingerprint density at radius 1 is 0.600 bits per heavy atom. The number of nitrogens with one attached hydrogen (secondary N) is 1. The van der Waals surface area contributed by atoms with Crippen LogP contribution in [0.5, 0.6) is 0 Å². The summed E-state index contributed by atoms with van der Waals surface area (Å²) in [6, 6.07) is 58.8. The number of aliphatic imine (C=N–C) groups is 1. The van der Waals surface area contributed by atoms with Crippen LogP contribution in [0.15, 0.2) is 175 Å². The Labute approximate surface area is 326 Å². The monoisotopic (exact) mass is 725 g/mol. The first-order chi connectivity index (χ1) is 27.1. The molecule has 0 aromatic heterocycles. The van der Waals surface area contributed by atoms with Gasteiger partial charge in [0.15, 0.2) is 0 Å². The Bertz CT molecular complexity index is 2060. The largest absolute Gasteiger partial charge is 0.352 e. The summed E-state index contributed by atoms with van der Waals surface area (Å²) in [4.78, 5) is 26.1. The van der Waals surface area contributed by atoms with Gasteiger partial charge in [-0.05, 0) is 65.4 Å². The van der Waals surface area contributed by atoms with Crippen LogP contribution in [0.3, 0.4) is 0 Å². The smallest absolute Gasteiger partial charge is 0.222 e. The third-order valence-electron chi connectivity index (χ3n) is 10.3. The average Bonchev–Trinajstić information content (AvgIpc) is 3.24. The van der Waals surface area contributed by atoms with Crippen LogP contribution in [-0.2, 0) is 24.4 Å². The molecular weight excluding hydrogens is 675 g/mol. The molecule has 55 heavy (non-hydrogen) atoms. The molecule has 6 nitrogen and oxygen atoms in total. The van der Waals surface area contributed by atoms with Crippen LogP contribution < -0.4 is 10.2 Å². The maximum atomic E-state index is 13.7. The molecule has 6 aromatic rings. The first kappa shape index (κ1) is 37.3. The highest BCUT2D eigenvalue weighted by atomic mass is 16.1. The van der Waals surface area contributed by atoms with Gasteiger partial charge in [0, 0.05) is 44.5 Å². The first-order valence-electron chi connectivity index (χ1n) is 19.5. The molecule has 1 atom stereocenters. The van der Waals surface area contributed by atoms with Crippen molar-refractivity contribution in [1.29, 1.82) is 0 Å². The van der Waals surface area contributed by atoms with Gasteiger partial charge in [0.25, 0.3) is 0 Å². The number of nitrogens with zero attached hydrogens (tertiary/aromatic N) is 4. The van der Waals surface area contributed by atoms with E-state index in [1.807, 2.05) is 48.5 Å². The van der Waals surface area contributed by atoms with Crippen molar-refractivity contribution in [2.24, 2.45) is 4.99 Å². The van der Waals surface area contributed by atoms with Crippen LogP contribution >= 0.6 is 0 Å². The molecule has 1 N–H and O–H groups in total. The average molecular weight is 726 g/mol. The first-order valence-corrected chi connectivity index (χ1v) is 19.5. The predicted molar refractivity (Wildman–Crippen MR) is 227 cm³/mol. The highest BCUT2D eigenvalue weighted by Gasteiger charge is 2.34. The maximum Gasteiger partial charge on any atom is 0.222 e. The number of unbranched alkanes of at least 4 members (excludes halogenated alkanes) is 2. The molecule has 0 saturated heterocycles. The zero-order valence-electron chi connectivity index (χ0n) is 31.8. The molecule has 6 heteroatoms. The summed E-state index contributed by atoms with van der Waals surface area (Å²) in [6.07, 6.45) is 3.55. The molecule has 1 unspecified atom stereocenters. The van der Waals surface area contributed by atoms with Crippen LogP contribution in [-0.4, -0.2) is 41.8 Å². The number of hydrogen-bond donors (Lipinski definition) is 1. The van der Waals surface area contributed by atoms with Crippen molar-refractivity contribution < 1.29 is 4.79 Å². The SMILES string of the molecule is CN(CCCCCN(Cc1ccccc1)Cc1ccccc1)C1=Nc2ccccc2C(CC(=O)NCc2ccccc2)N1c1ccc(-c2ccccc2)cc1. The quantitative estimate of drug-likeness (QED) is 0.101. The Balaban J connectivity index is 1.07. The number of guanidine groups is 1. The lowest BCUT2D eigenvalue weighted by Gasteiger charge is -2.41. The van der Waals surface area contributed by atoms with Crippen LogP contribution in [0.2, 0.25) is 0 Å². The molecule has 1 amide bonds. The van der Waals surface area contributed by atoms with E-state index in [2.05, 4.69) is 148 Å².